The lowest BCUT2D eigenvalue weighted by molar-refractivity contribution is -0.0761. The van der Waals surface area contributed by atoms with Gasteiger partial charge in [-0.1, -0.05) is 136 Å². The number of hydrogen-bond donors (Lipinski definition) is 0. The van der Waals surface area contributed by atoms with E-state index in [0.29, 0.717) is 13.2 Å². The molecule has 2 atom stereocenters. The van der Waals surface area contributed by atoms with E-state index in [4.69, 9.17) is 14.2 Å². The number of unbranched alkanes of at least 4 members (excludes halogenated alkanes) is 19. The van der Waals surface area contributed by atoms with Gasteiger partial charge in [0.1, 0.15) is 6.10 Å². The van der Waals surface area contributed by atoms with Crippen molar-refractivity contribution in [1.82, 2.24) is 0 Å². The Balaban J connectivity index is 1.75. The first kappa shape index (κ1) is 29.9. The molecule has 1 rings (SSSR count). The summed E-state index contributed by atoms with van der Waals surface area (Å²) < 4.78 is 17.6. The van der Waals surface area contributed by atoms with Gasteiger partial charge in [0.25, 0.3) is 0 Å². The van der Waals surface area contributed by atoms with Crippen LogP contribution < -0.4 is 0 Å². The van der Waals surface area contributed by atoms with E-state index in [9.17, 15) is 0 Å². The third kappa shape index (κ3) is 19.4. The van der Waals surface area contributed by atoms with E-state index in [2.05, 4.69) is 13.8 Å². The van der Waals surface area contributed by atoms with Crippen LogP contribution in [-0.4, -0.2) is 32.2 Å². The highest BCUT2D eigenvalue weighted by Gasteiger charge is 2.25. The van der Waals surface area contributed by atoms with Gasteiger partial charge in [0.15, 0.2) is 6.29 Å². The lowest BCUT2D eigenvalue weighted by Crippen LogP contribution is -2.19. The fourth-order valence-corrected chi connectivity index (χ4v) is 4.63. The van der Waals surface area contributed by atoms with Crippen molar-refractivity contribution >= 4 is 0 Å². The molecule has 0 aromatic rings. The van der Waals surface area contributed by atoms with E-state index in [1.807, 2.05) is 0 Å². The van der Waals surface area contributed by atoms with Crippen LogP contribution >= 0.6 is 0 Å². The Morgan fingerprint density at radius 2 is 1.00 bits per heavy atom. The summed E-state index contributed by atoms with van der Waals surface area (Å²) in [5, 5.41) is 0. The minimum absolute atomic E-state index is 0.0135. The van der Waals surface area contributed by atoms with Crippen molar-refractivity contribution in [2.24, 2.45) is 0 Å². The Morgan fingerprint density at radius 3 is 1.50 bits per heavy atom. The number of ether oxygens (including phenoxy) is 3. The van der Waals surface area contributed by atoms with E-state index in [1.54, 1.807) is 0 Å². The molecule has 0 spiro atoms. The first-order valence-electron chi connectivity index (χ1n) is 14.7. The summed E-state index contributed by atoms with van der Waals surface area (Å²) in [6.45, 7) is 6.84. The van der Waals surface area contributed by atoms with Crippen LogP contribution in [0.25, 0.3) is 0 Å². The third-order valence-electron chi connectivity index (χ3n) is 6.80. The first-order valence-corrected chi connectivity index (χ1v) is 14.7. The second-order valence-electron chi connectivity index (χ2n) is 10.1. The van der Waals surface area contributed by atoms with Crippen LogP contribution in [0.15, 0.2) is 0 Å². The zero-order valence-electron chi connectivity index (χ0n) is 22.1. The van der Waals surface area contributed by atoms with E-state index >= 15 is 0 Å². The van der Waals surface area contributed by atoms with Crippen molar-refractivity contribution < 1.29 is 14.2 Å². The quantitative estimate of drug-likeness (QED) is 0.129. The van der Waals surface area contributed by atoms with Crippen LogP contribution in [0, 0.1) is 0 Å². The molecule has 1 aliphatic heterocycles. The average molecular weight is 455 g/mol. The van der Waals surface area contributed by atoms with Crippen LogP contribution in [0.3, 0.4) is 0 Å². The molecule has 1 fully saturated rings. The Bertz CT molecular complexity index is 360. The normalized spacial score (nSPS) is 18.6. The van der Waals surface area contributed by atoms with Gasteiger partial charge >= 0.3 is 0 Å². The standard InChI is InChI=1S/C29H58O3/c1-3-5-7-9-11-12-13-14-15-16-17-18-19-20-22-24-29-31-27-28(32-29)26-30-25-23-21-10-8-6-4-2/h28-29H,3-27H2,1-2H3. The second kappa shape index (κ2) is 24.0. The van der Waals surface area contributed by atoms with Crippen molar-refractivity contribution in [3.05, 3.63) is 0 Å². The Labute approximate surface area is 201 Å². The first-order chi connectivity index (χ1) is 15.9. The average Bonchev–Trinajstić information content (AvgIpc) is 3.26. The van der Waals surface area contributed by atoms with Crippen molar-refractivity contribution in [1.29, 1.82) is 0 Å². The molecule has 1 aliphatic rings. The van der Waals surface area contributed by atoms with Crippen LogP contribution in [0.5, 0.6) is 0 Å². The topological polar surface area (TPSA) is 27.7 Å². The van der Waals surface area contributed by atoms with Crippen molar-refractivity contribution in [2.45, 2.75) is 167 Å². The fourth-order valence-electron chi connectivity index (χ4n) is 4.63. The van der Waals surface area contributed by atoms with Crippen molar-refractivity contribution in [3.8, 4) is 0 Å². The summed E-state index contributed by atoms with van der Waals surface area (Å²) in [5.74, 6) is 0. The maximum absolute atomic E-state index is 5.99. The molecule has 0 radical (unpaired) electrons. The zero-order chi connectivity index (χ0) is 23.0. The molecule has 2 unspecified atom stereocenters. The molecule has 0 aliphatic carbocycles. The molecule has 0 aromatic heterocycles. The monoisotopic (exact) mass is 454 g/mol. The van der Waals surface area contributed by atoms with Crippen LogP contribution in [-0.2, 0) is 14.2 Å². The number of rotatable bonds is 25. The lowest BCUT2D eigenvalue weighted by Gasteiger charge is -2.12. The highest BCUT2D eigenvalue weighted by atomic mass is 16.7. The zero-order valence-corrected chi connectivity index (χ0v) is 22.1. The summed E-state index contributed by atoms with van der Waals surface area (Å²) in [5.41, 5.74) is 0. The largest absolute Gasteiger partial charge is 0.379 e. The van der Waals surface area contributed by atoms with Gasteiger partial charge in [-0.05, 0) is 19.3 Å². The summed E-state index contributed by atoms with van der Waals surface area (Å²) in [7, 11) is 0. The maximum Gasteiger partial charge on any atom is 0.158 e. The third-order valence-corrected chi connectivity index (χ3v) is 6.80. The minimum Gasteiger partial charge on any atom is -0.379 e. The highest BCUT2D eigenvalue weighted by molar-refractivity contribution is 4.65. The van der Waals surface area contributed by atoms with E-state index < -0.39 is 0 Å². The summed E-state index contributed by atoms with van der Waals surface area (Å²) in [4.78, 5) is 0. The summed E-state index contributed by atoms with van der Waals surface area (Å²) in [6, 6.07) is 0. The molecule has 0 saturated carbocycles. The molecule has 0 N–H and O–H groups in total. The molecular weight excluding hydrogens is 396 g/mol. The Kier molecular flexibility index (Phi) is 22.5. The van der Waals surface area contributed by atoms with Crippen LogP contribution in [0.2, 0.25) is 0 Å². The smallest absolute Gasteiger partial charge is 0.158 e. The molecule has 3 heteroatoms. The highest BCUT2D eigenvalue weighted by Crippen LogP contribution is 2.19. The SMILES string of the molecule is CCCCCCCCCCCCCCCCCC1OCC(COCCCCCCCC)O1. The summed E-state index contributed by atoms with van der Waals surface area (Å²) in [6.07, 6.45) is 30.2. The summed E-state index contributed by atoms with van der Waals surface area (Å²) >= 11 is 0. The van der Waals surface area contributed by atoms with E-state index in [1.165, 1.54) is 135 Å². The van der Waals surface area contributed by atoms with Crippen molar-refractivity contribution in [2.75, 3.05) is 19.8 Å². The van der Waals surface area contributed by atoms with E-state index in [-0.39, 0.29) is 12.4 Å². The van der Waals surface area contributed by atoms with Gasteiger partial charge in [-0.15, -0.1) is 0 Å². The van der Waals surface area contributed by atoms with E-state index in [0.717, 1.165) is 13.0 Å². The van der Waals surface area contributed by atoms with Gasteiger partial charge in [-0.3, -0.25) is 0 Å². The van der Waals surface area contributed by atoms with Crippen LogP contribution in [0.1, 0.15) is 155 Å². The molecule has 0 bridgehead atoms. The molecule has 3 nitrogen and oxygen atoms in total. The lowest BCUT2D eigenvalue weighted by atomic mass is 10.0. The molecule has 1 saturated heterocycles. The molecule has 192 valence electrons. The number of hydrogen-bond acceptors (Lipinski definition) is 3. The van der Waals surface area contributed by atoms with Gasteiger partial charge < -0.3 is 14.2 Å². The molecule has 0 aromatic carbocycles. The van der Waals surface area contributed by atoms with Gasteiger partial charge in [0.2, 0.25) is 0 Å². The minimum atomic E-state index is 0.0135. The van der Waals surface area contributed by atoms with Gasteiger partial charge in [0.05, 0.1) is 13.2 Å². The fraction of sp³-hybridized carbons (Fsp3) is 1.00. The molecule has 0 amide bonds. The second-order valence-corrected chi connectivity index (χ2v) is 10.1. The van der Waals surface area contributed by atoms with Crippen LogP contribution in [0.4, 0.5) is 0 Å². The van der Waals surface area contributed by atoms with Gasteiger partial charge in [0, 0.05) is 6.61 Å². The molecule has 32 heavy (non-hydrogen) atoms. The predicted molar refractivity (Wildman–Crippen MR) is 138 cm³/mol. The van der Waals surface area contributed by atoms with Gasteiger partial charge in [-0.2, -0.15) is 0 Å². The molecular formula is C29H58O3. The molecule has 1 heterocycles. The predicted octanol–water partition coefficient (Wildman–Crippen LogP) is 9.37. The van der Waals surface area contributed by atoms with Gasteiger partial charge in [-0.25, -0.2) is 0 Å². The Morgan fingerprint density at radius 1 is 0.562 bits per heavy atom. The Hall–Kier alpha value is -0.120. The maximum atomic E-state index is 5.99. The van der Waals surface area contributed by atoms with Crippen molar-refractivity contribution in [3.63, 3.8) is 0 Å².